The van der Waals surface area contributed by atoms with Crippen LogP contribution in [0, 0.1) is 0 Å². The molecule has 154 valence electrons. The van der Waals surface area contributed by atoms with Crippen molar-refractivity contribution in [3.63, 3.8) is 0 Å². The van der Waals surface area contributed by atoms with Gasteiger partial charge in [-0.25, -0.2) is 0 Å². The number of nitrogens with one attached hydrogen (secondary N) is 1. The third-order valence-corrected chi connectivity index (χ3v) is 5.56. The number of hydrogen-bond donors (Lipinski definition) is 3. The van der Waals surface area contributed by atoms with E-state index in [1.54, 1.807) is 24.3 Å². The molecule has 2 aromatic carbocycles. The number of aromatic hydroxyl groups is 2. The smallest absolute Gasteiger partial charge is 0.198 e. The first-order valence-corrected chi connectivity index (χ1v) is 10.1. The zero-order valence-corrected chi connectivity index (χ0v) is 17.2. The number of anilines is 1. The van der Waals surface area contributed by atoms with Gasteiger partial charge >= 0.3 is 0 Å². The van der Waals surface area contributed by atoms with Crippen molar-refractivity contribution in [2.75, 3.05) is 25.0 Å². The predicted molar refractivity (Wildman–Crippen MR) is 113 cm³/mol. The normalized spacial score (nSPS) is 13.9. The minimum atomic E-state index is -0.458. The number of phenolic OH excluding ortho intramolecular Hbond substituents is 2. The number of phenols is 2. The van der Waals surface area contributed by atoms with Gasteiger partial charge in [-0.2, -0.15) is 0 Å². The molecule has 2 aromatic rings. The maximum absolute atomic E-state index is 12.9. The molecule has 3 N–H and O–H groups in total. The van der Waals surface area contributed by atoms with Crippen LogP contribution in [0.4, 0.5) is 5.69 Å². The van der Waals surface area contributed by atoms with Gasteiger partial charge in [-0.15, -0.1) is 0 Å². The summed E-state index contributed by atoms with van der Waals surface area (Å²) in [5.74, 6) is -1.51. The highest BCUT2D eigenvalue weighted by atomic mass is 16.3. The van der Waals surface area contributed by atoms with E-state index in [1.165, 1.54) is 6.07 Å². The summed E-state index contributed by atoms with van der Waals surface area (Å²) in [5, 5.41) is 24.4. The zero-order valence-electron chi connectivity index (χ0n) is 17.2. The molecule has 29 heavy (non-hydrogen) atoms. The van der Waals surface area contributed by atoms with E-state index in [4.69, 9.17) is 0 Å². The molecule has 0 spiro atoms. The van der Waals surface area contributed by atoms with Crippen LogP contribution >= 0.6 is 0 Å². The highest BCUT2D eigenvalue weighted by molar-refractivity contribution is 6.30. The highest BCUT2D eigenvalue weighted by Gasteiger charge is 2.35. The van der Waals surface area contributed by atoms with E-state index in [0.717, 1.165) is 32.5 Å². The van der Waals surface area contributed by atoms with Crippen molar-refractivity contribution in [2.45, 2.75) is 39.7 Å². The lowest BCUT2D eigenvalue weighted by Gasteiger charge is -2.23. The molecule has 0 unspecified atom stereocenters. The molecule has 3 rings (SSSR count). The average molecular weight is 396 g/mol. The number of nitrogens with zero attached hydrogens (tertiary/aromatic N) is 1. The molecule has 1 aliphatic carbocycles. The van der Waals surface area contributed by atoms with Crippen LogP contribution in [0.3, 0.4) is 0 Å². The zero-order chi connectivity index (χ0) is 21.1. The Morgan fingerprint density at radius 2 is 1.59 bits per heavy atom. The van der Waals surface area contributed by atoms with Gasteiger partial charge in [0.2, 0.25) is 0 Å². The summed E-state index contributed by atoms with van der Waals surface area (Å²) in [6.45, 7) is 9.26. The number of carbonyl (C=O) groups is 2. The van der Waals surface area contributed by atoms with Crippen LogP contribution in [0.25, 0.3) is 0 Å². The van der Waals surface area contributed by atoms with Gasteiger partial charge in [-0.05, 0) is 39.4 Å². The summed E-state index contributed by atoms with van der Waals surface area (Å²) in [6, 6.07) is 7.81. The second-order valence-electron chi connectivity index (χ2n) is 7.46. The molecular weight excluding hydrogens is 368 g/mol. The Labute approximate surface area is 171 Å². The topological polar surface area (TPSA) is 89.9 Å². The fraction of sp³-hybridized carbons (Fsp3) is 0.391. The fourth-order valence-corrected chi connectivity index (χ4v) is 3.87. The minimum absolute atomic E-state index is 0.0237. The van der Waals surface area contributed by atoms with E-state index in [9.17, 15) is 19.8 Å². The Bertz CT molecular complexity index is 935. The van der Waals surface area contributed by atoms with Gasteiger partial charge in [0.25, 0.3) is 0 Å². The summed E-state index contributed by atoms with van der Waals surface area (Å²) in [7, 11) is 0. The van der Waals surface area contributed by atoms with Crippen molar-refractivity contribution in [3.05, 3.63) is 52.6 Å². The molecular formula is C23H28N2O4. The molecule has 1 aliphatic rings. The van der Waals surface area contributed by atoms with E-state index < -0.39 is 11.6 Å². The molecule has 6 nitrogen and oxygen atoms in total. The lowest BCUT2D eigenvalue weighted by atomic mass is 9.82. The van der Waals surface area contributed by atoms with E-state index in [1.807, 2.05) is 6.92 Å². The maximum atomic E-state index is 12.9. The van der Waals surface area contributed by atoms with E-state index >= 15 is 0 Å². The van der Waals surface area contributed by atoms with E-state index in [0.29, 0.717) is 0 Å². The van der Waals surface area contributed by atoms with Crippen LogP contribution in [0.15, 0.2) is 30.3 Å². The highest BCUT2D eigenvalue weighted by Crippen LogP contribution is 2.42. The molecule has 0 saturated carbocycles. The lowest BCUT2D eigenvalue weighted by molar-refractivity contribution is 0.0974. The van der Waals surface area contributed by atoms with Gasteiger partial charge in [-0.1, -0.05) is 38.1 Å². The monoisotopic (exact) mass is 396 g/mol. The van der Waals surface area contributed by atoms with Crippen molar-refractivity contribution in [2.24, 2.45) is 0 Å². The predicted octanol–water partition coefficient (Wildman–Crippen LogP) is 3.80. The Kier molecular flexibility index (Phi) is 6.23. The molecule has 0 fully saturated rings. The second-order valence-corrected chi connectivity index (χ2v) is 7.46. The second kappa shape index (κ2) is 8.66. The van der Waals surface area contributed by atoms with Crippen LogP contribution in [-0.4, -0.2) is 52.4 Å². The first-order valence-electron chi connectivity index (χ1n) is 10.1. The average Bonchev–Trinajstić information content (AvgIpc) is 2.72. The van der Waals surface area contributed by atoms with Gasteiger partial charge in [0, 0.05) is 23.2 Å². The number of rotatable bonds is 8. The molecule has 1 atom stereocenters. The van der Waals surface area contributed by atoms with Crippen molar-refractivity contribution in [1.82, 2.24) is 4.90 Å². The Morgan fingerprint density at radius 3 is 2.17 bits per heavy atom. The van der Waals surface area contributed by atoms with Gasteiger partial charge in [0.05, 0.1) is 16.8 Å². The van der Waals surface area contributed by atoms with Gasteiger partial charge in [0.15, 0.2) is 17.3 Å². The molecule has 0 radical (unpaired) electrons. The third-order valence-electron chi connectivity index (χ3n) is 5.56. The molecule has 0 amide bonds. The van der Waals surface area contributed by atoms with Gasteiger partial charge in [-0.3, -0.25) is 9.59 Å². The molecule has 0 aliphatic heterocycles. The number of ketones is 2. The van der Waals surface area contributed by atoms with E-state index in [-0.39, 0.29) is 45.5 Å². The first-order chi connectivity index (χ1) is 13.9. The standard InChI is InChI=1S/C23H28N2O4/c1-4-25(5-2)12-8-9-14(3)24-17-13-18(26)19-20(23(17)29)22(28)16-11-7-6-10-15(16)21(19)27/h6-7,10-11,13-14,24,26,29H,4-5,8-9,12H2,1-3H3/t14-/m1/s1. The molecule has 0 aromatic heterocycles. The first kappa shape index (κ1) is 20.9. The Balaban J connectivity index is 1.84. The summed E-state index contributed by atoms with van der Waals surface area (Å²) in [5.41, 5.74) is 0.476. The number of benzene rings is 2. The third kappa shape index (κ3) is 3.98. The number of fused-ring (bicyclic) bond motifs is 2. The summed E-state index contributed by atoms with van der Waals surface area (Å²) in [6.07, 6.45) is 1.85. The molecule has 0 heterocycles. The number of carbonyl (C=O) groups excluding carboxylic acids is 2. The quantitative estimate of drug-likeness (QED) is 0.396. The van der Waals surface area contributed by atoms with Crippen LogP contribution in [0.5, 0.6) is 11.5 Å². The Hall–Kier alpha value is -2.86. The summed E-state index contributed by atoms with van der Waals surface area (Å²) < 4.78 is 0. The van der Waals surface area contributed by atoms with Crippen LogP contribution in [0.2, 0.25) is 0 Å². The largest absolute Gasteiger partial charge is 0.507 e. The molecule has 0 bridgehead atoms. The SMILES string of the molecule is CCN(CC)CCC[C@@H](C)Nc1cc(O)c2c(c1O)C(=O)c1ccccc1C2=O. The summed E-state index contributed by atoms with van der Waals surface area (Å²) >= 11 is 0. The maximum Gasteiger partial charge on any atom is 0.198 e. The minimum Gasteiger partial charge on any atom is -0.507 e. The fourth-order valence-electron chi connectivity index (χ4n) is 3.87. The van der Waals surface area contributed by atoms with Crippen LogP contribution in [0.1, 0.15) is 65.5 Å². The number of hydrogen-bond acceptors (Lipinski definition) is 6. The molecule has 6 heteroatoms. The van der Waals surface area contributed by atoms with Crippen molar-refractivity contribution in [1.29, 1.82) is 0 Å². The van der Waals surface area contributed by atoms with Gasteiger partial charge in [0.1, 0.15) is 5.75 Å². The lowest BCUT2D eigenvalue weighted by Crippen LogP contribution is -2.26. The Morgan fingerprint density at radius 1 is 1.00 bits per heavy atom. The van der Waals surface area contributed by atoms with Crippen LogP contribution in [-0.2, 0) is 0 Å². The molecule has 0 saturated heterocycles. The van der Waals surface area contributed by atoms with E-state index in [2.05, 4.69) is 24.1 Å². The van der Waals surface area contributed by atoms with Crippen molar-refractivity contribution in [3.8, 4) is 11.5 Å². The van der Waals surface area contributed by atoms with Crippen LogP contribution < -0.4 is 5.32 Å². The van der Waals surface area contributed by atoms with Crippen molar-refractivity contribution < 1.29 is 19.8 Å². The summed E-state index contributed by atoms with van der Waals surface area (Å²) in [4.78, 5) is 28.0. The van der Waals surface area contributed by atoms with Crippen molar-refractivity contribution >= 4 is 17.3 Å². The van der Waals surface area contributed by atoms with Gasteiger partial charge < -0.3 is 20.4 Å².